The summed E-state index contributed by atoms with van der Waals surface area (Å²) in [4.78, 5) is 25.9. The molecule has 0 spiro atoms. The van der Waals surface area contributed by atoms with E-state index in [1.807, 2.05) is 25.2 Å². The first kappa shape index (κ1) is 56.8. The summed E-state index contributed by atoms with van der Waals surface area (Å²) in [5.41, 5.74) is 5.97. The highest BCUT2D eigenvalue weighted by molar-refractivity contribution is 5.80. The Morgan fingerprint density at radius 2 is 1.33 bits per heavy atom. The van der Waals surface area contributed by atoms with Gasteiger partial charge in [-0.1, -0.05) is 92.0 Å². The van der Waals surface area contributed by atoms with E-state index in [4.69, 9.17) is 24.7 Å². The van der Waals surface area contributed by atoms with Crippen molar-refractivity contribution >= 4 is 11.9 Å². The Morgan fingerprint density at radius 3 is 1.95 bits per heavy atom. The zero-order valence-electron chi connectivity index (χ0n) is 37.8. The molecule has 19 heteroatoms. The largest absolute Gasteiger partial charge is 0.462 e. The summed E-state index contributed by atoms with van der Waals surface area (Å²) in [5.74, 6) is -5.33. The van der Waals surface area contributed by atoms with Crippen LogP contribution in [0.5, 0.6) is 0 Å². The van der Waals surface area contributed by atoms with Crippen molar-refractivity contribution in [3.8, 4) is 0 Å². The van der Waals surface area contributed by atoms with Gasteiger partial charge >= 0.3 is 5.97 Å². The number of fused-ring (bicyclic) bond motifs is 2. The molecule has 2 bridgehead atoms. The molecule has 374 valence electrons. The minimum atomic E-state index is -2.29. The number of rotatable bonds is 5. The number of esters is 1. The molecule has 3 rings (SSSR count). The van der Waals surface area contributed by atoms with Gasteiger partial charge in [0.05, 0.1) is 92.6 Å². The number of hydrogen-bond donors (Lipinski definition) is 13. The first-order valence-corrected chi connectivity index (χ1v) is 22.6. The fourth-order valence-corrected chi connectivity index (χ4v) is 7.81. The minimum absolute atomic E-state index is 0.1000. The predicted molar refractivity (Wildman–Crippen MR) is 240 cm³/mol. The van der Waals surface area contributed by atoms with Crippen LogP contribution in [0.1, 0.15) is 71.6 Å². The first-order valence-electron chi connectivity index (χ1n) is 22.6. The van der Waals surface area contributed by atoms with Crippen LogP contribution in [0.25, 0.3) is 0 Å². The Morgan fingerprint density at radius 1 is 0.727 bits per heavy atom. The topological polar surface area (TPSA) is 332 Å². The number of ether oxygens (including phenoxy) is 4. The molecule has 0 aromatic heterocycles. The highest BCUT2D eigenvalue weighted by atomic mass is 16.7. The molecule has 66 heavy (non-hydrogen) atoms. The van der Waals surface area contributed by atoms with E-state index in [1.54, 1.807) is 73.8 Å². The molecule has 0 aromatic carbocycles. The second-order valence-corrected chi connectivity index (χ2v) is 17.4. The van der Waals surface area contributed by atoms with Crippen LogP contribution in [0.3, 0.4) is 0 Å². The van der Waals surface area contributed by atoms with Gasteiger partial charge in [-0.2, -0.15) is 0 Å². The van der Waals surface area contributed by atoms with Crippen molar-refractivity contribution in [2.24, 2.45) is 17.6 Å². The fraction of sp³-hybridized carbons (Fsp3) is 0.660. The van der Waals surface area contributed by atoms with Crippen LogP contribution in [0, 0.1) is 11.8 Å². The van der Waals surface area contributed by atoms with Crippen LogP contribution < -0.4 is 11.1 Å². The molecular weight excluding hydrogens is 865 g/mol. The maximum atomic E-state index is 13.4. The van der Waals surface area contributed by atoms with Crippen molar-refractivity contribution in [1.82, 2.24) is 5.32 Å². The third-order valence-corrected chi connectivity index (χ3v) is 11.5. The number of nitrogens with one attached hydrogen (secondary N) is 1. The van der Waals surface area contributed by atoms with Crippen molar-refractivity contribution in [1.29, 1.82) is 0 Å². The van der Waals surface area contributed by atoms with E-state index in [2.05, 4.69) is 5.32 Å². The van der Waals surface area contributed by atoms with E-state index >= 15 is 0 Å². The van der Waals surface area contributed by atoms with Gasteiger partial charge < -0.3 is 86.2 Å². The number of aliphatic hydroxyl groups excluding tert-OH is 10. The average molecular weight is 939 g/mol. The smallest absolute Gasteiger partial charge is 0.308 e. The summed E-state index contributed by atoms with van der Waals surface area (Å²) in [6.45, 7) is 2.62. The molecule has 2 fully saturated rings. The number of nitrogens with two attached hydrogens (primary N) is 1. The maximum Gasteiger partial charge on any atom is 0.308 e. The Balaban J connectivity index is 1.88. The summed E-state index contributed by atoms with van der Waals surface area (Å²) < 4.78 is 23.1. The Labute approximate surface area is 386 Å². The number of cyclic esters (lactones) is 1. The van der Waals surface area contributed by atoms with E-state index in [9.17, 15) is 65.8 Å². The van der Waals surface area contributed by atoms with Crippen molar-refractivity contribution in [3.05, 3.63) is 85.1 Å². The minimum Gasteiger partial charge on any atom is -0.462 e. The van der Waals surface area contributed by atoms with E-state index in [0.717, 1.165) is 0 Å². The summed E-state index contributed by atoms with van der Waals surface area (Å²) in [5, 5.41) is 120. The molecule has 3 heterocycles. The number of hydrogen-bond acceptors (Lipinski definition) is 18. The highest BCUT2D eigenvalue weighted by Crippen LogP contribution is 2.38. The third kappa shape index (κ3) is 20.4. The lowest BCUT2D eigenvalue weighted by atomic mass is 9.82. The third-order valence-electron chi connectivity index (χ3n) is 11.5. The zero-order valence-corrected chi connectivity index (χ0v) is 37.8. The van der Waals surface area contributed by atoms with E-state index in [-0.39, 0.29) is 51.2 Å². The van der Waals surface area contributed by atoms with Gasteiger partial charge in [0.15, 0.2) is 12.1 Å². The molecule has 0 radical (unpaired) electrons. The van der Waals surface area contributed by atoms with Crippen LogP contribution in [0.2, 0.25) is 0 Å². The average Bonchev–Trinajstić information content (AvgIpc) is 3.23. The standard InChI is InChI=1S/C47H74N2O17/c1-29-15-13-11-9-7-5-3-4-6-8-10-12-14-16-34(65-46-44(60)43(48)39(58)28-63-46)25-40-42(45(61)49-19-20-50)38(57)27-47(62,66-40)26-33(53)23-37(56)35(54)18-17-31(51)22-32(52)24-41(59)64-30(2)21-36(29)55/h3-16,29-40,42-44,46,50-58,60,62H,17-28,48H2,1-2H3,(H,49,61)/b4-3+,7-5+,8-6+,11-9+,12-10+,15-13+,16-14+/t29-,30-,31?,32?,33?,34?,35+,36-,37?,38-,39+,40-,42?,43-,44-,46-,47?/m0/s1. The lowest BCUT2D eigenvalue weighted by Gasteiger charge is -2.45. The van der Waals surface area contributed by atoms with Gasteiger partial charge in [-0.3, -0.25) is 9.59 Å². The van der Waals surface area contributed by atoms with E-state index < -0.39 is 141 Å². The zero-order chi connectivity index (χ0) is 48.8. The monoisotopic (exact) mass is 938 g/mol. The number of aliphatic hydroxyl groups is 11. The summed E-state index contributed by atoms with van der Waals surface area (Å²) in [7, 11) is 0. The SMILES string of the molecule is C[C@H]1C[C@H](O)[C@@H](C)/C=C/C=C/C=C/C=C/C=C/C=C/C=C/C(O[C@@H]2OC[C@@H](O)[C@H](N)[C@@H]2O)C[C@@H]2OC(O)(CC(O)CC(O)[C@H](O)CCC(O)CC(O)CC(=O)O1)C[C@H](O)C2C(=O)NCCO. The van der Waals surface area contributed by atoms with Crippen molar-refractivity contribution in [2.75, 3.05) is 19.8 Å². The van der Waals surface area contributed by atoms with Crippen LogP contribution in [0.15, 0.2) is 85.1 Å². The fourth-order valence-electron chi connectivity index (χ4n) is 7.81. The molecule has 2 saturated heterocycles. The second-order valence-electron chi connectivity index (χ2n) is 17.4. The van der Waals surface area contributed by atoms with Gasteiger partial charge in [0, 0.05) is 44.6 Å². The Kier molecular flexibility index (Phi) is 25.3. The van der Waals surface area contributed by atoms with Crippen LogP contribution in [-0.4, -0.2) is 179 Å². The van der Waals surface area contributed by atoms with Gasteiger partial charge in [0.2, 0.25) is 5.91 Å². The van der Waals surface area contributed by atoms with Gasteiger partial charge in [0.25, 0.3) is 0 Å². The molecule has 0 aliphatic carbocycles. The first-order chi connectivity index (χ1) is 31.3. The molecule has 19 nitrogen and oxygen atoms in total. The molecule has 0 aromatic rings. The van der Waals surface area contributed by atoms with Crippen LogP contribution in [0.4, 0.5) is 0 Å². The maximum absolute atomic E-state index is 13.4. The number of amides is 1. The number of carbonyl (C=O) groups excluding carboxylic acids is 2. The molecule has 1 amide bonds. The second kappa shape index (κ2) is 29.4. The van der Waals surface area contributed by atoms with Crippen LogP contribution >= 0.6 is 0 Å². The molecule has 3 aliphatic rings. The molecule has 17 atom stereocenters. The quantitative estimate of drug-likeness (QED) is 0.149. The summed E-state index contributed by atoms with van der Waals surface area (Å²) >= 11 is 0. The van der Waals surface area contributed by atoms with Gasteiger partial charge in [0.1, 0.15) is 12.2 Å². The molecule has 3 aliphatic heterocycles. The summed E-state index contributed by atoms with van der Waals surface area (Å²) in [6, 6.07) is -1.12. The molecule has 14 N–H and O–H groups in total. The Hall–Kier alpha value is -3.48. The Bertz CT molecular complexity index is 1650. The van der Waals surface area contributed by atoms with Gasteiger partial charge in [-0.15, -0.1) is 0 Å². The van der Waals surface area contributed by atoms with Gasteiger partial charge in [-0.05, 0) is 26.2 Å². The molecular formula is C47H74N2O17. The lowest BCUT2D eigenvalue weighted by molar-refractivity contribution is -0.304. The number of allylic oxidation sites excluding steroid dienone is 12. The highest BCUT2D eigenvalue weighted by Gasteiger charge is 2.50. The van der Waals surface area contributed by atoms with Crippen molar-refractivity contribution in [2.45, 2.75) is 163 Å². The van der Waals surface area contributed by atoms with E-state index in [0.29, 0.717) is 0 Å². The predicted octanol–water partition coefficient (Wildman–Crippen LogP) is -0.899. The van der Waals surface area contributed by atoms with Crippen LogP contribution in [-0.2, 0) is 28.5 Å². The van der Waals surface area contributed by atoms with E-state index in [1.165, 1.54) is 0 Å². The summed E-state index contributed by atoms with van der Waals surface area (Å²) in [6.07, 6.45) is 5.32. The lowest BCUT2D eigenvalue weighted by Crippen LogP contribution is -2.59. The van der Waals surface area contributed by atoms with Crippen molar-refractivity contribution in [3.63, 3.8) is 0 Å². The molecule has 7 unspecified atom stereocenters. The molecule has 0 saturated carbocycles. The van der Waals surface area contributed by atoms with Crippen molar-refractivity contribution < 1.29 is 84.7 Å². The normalized spacial score (nSPS) is 42.7. The number of carbonyl (C=O) groups is 2. The van der Waals surface area contributed by atoms with Gasteiger partial charge in [-0.25, -0.2) is 0 Å².